The largest absolute Gasteiger partial charge is 0.113 e. The second-order valence-electron chi connectivity index (χ2n) is 6.32. The molecule has 0 N–H and O–H groups in total. The van der Waals surface area contributed by atoms with Crippen LogP contribution < -0.4 is 0 Å². The molecule has 0 amide bonds. The Labute approximate surface area is 134 Å². The average molecular weight is 301 g/mol. The normalized spacial score (nSPS) is 12.6. The lowest BCUT2D eigenvalue weighted by atomic mass is 9.86. The Kier molecular flexibility index (Phi) is 4.49. The molecule has 1 unspecified atom stereocenters. The maximum Gasteiger partial charge on any atom is 0.0840 e. The first-order chi connectivity index (χ1) is 9.73. The highest BCUT2D eigenvalue weighted by Gasteiger charge is 2.20. The second kappa shape index (κ2) is 5.85. The molecule has 0 saturated carbocycles. The number of hydrogen-bond donors (Lipinski definition) is 0. The van der Waals surface area contributed by atoms with Crippen LogP contribution in [0.15, 0.2) is 18.2 Å². The van der Waals surface area contributed by atoms with Gasteiger partial charge in [-0.2, -0.15) is 0 Å². The summed E-state index contributed by atoms with van der Waals surface area (Å²) in [5.41, 5.74) is 11.8. The molecule has 0 aromatic heterocycles. The van der Waals surface area contributed by atoms with Crippen LogP contribution in [0.3, 0.4) is 0 Å². The number of rotatable bonds is 2. The summed E-state index contributed by atoms with van der Waals surface area (Å²) in [6.45, 7) is 15.3. The van der Waals surface area contributed by atoms with Gasteiger partial charge in [0.1, 0.15) is 0 Å². The van der Waals surface area contributed by atoms with E-state index >= 15 is 0 Å². The molecule has 0 aliphatic heterocycles. The van der Waals surface area contributed by atoms with Gasteiger partial charge in [-0.25, -0.2) is 0 Å². The lowest BCUT2D eigenvalue weighted by molar-refractivity contribution is 1.03. The lowest BCUT2D eigenvalue weighted by Crippen LogP contribution is -2.06. The zero-order valence-electron chi connectivity index (χ0n) is 14.2. The van der Waals surface area contributed by atoms with Crippen molar-refractivity contribution in [3.63, 3.8) is 0 Å². The first-order valence-electron chi connectivity index (χ1n) is 7.53. The van der Waals surface area contributed by atoms with Crippen LogP contribution in [0.4, 0.5) is 0 Å². The molecule has 0 radical (unpaired) electrons. The van der Waals surface area contributed by atoms with E-state index in [1.54, 1.807) is 0 Å². The molecule has 2 rings (SSSR count). The fraction of sp³-hybridized carbons (Fsp3) is 0.400. The maximum atomic E-state index is 6.88. The number of benzene rings is 2. The number of hydrogen-bond acceptors (Lipinski definition) is 0. The summed E-state index contributed by atoms with van der Waals surface area (Å²) in [5, 5.41) is -0.0819. The Morgan fingerprint density at radius 1 is 0.619 bits per heavy atom. The minimum Gasteiger partial charge on any atom is -0.113 e. The molecule has 0 fully saturated rings. The summed E-state index contributed by atoms with van der Waals surface area (Å²) in [7, 11) is 0. The minimum absolute atomic E-state index is 0.0819. The molecule has 0 saturated heterocycles. The molecule has 0 spiro atoms. The van der Waals surface area contributed by atoms with E-state index in [0.29, 0.717) is 0 Å². The molecule has 0 heterocycles. The van der Waals surface area contributed by atoms with Crippen molar-refractivity contribution in [3.8, 4) is 0 Å². The van der Waals surface area contributed by atoms with E-state index < -0.39 is 0 Å². The average Bonchev–Trinajstić information content (AvgIpc) is 2.42. The van der Waals surface area contributed by atoms with Crippen LogP contribution >= 0.6 is 11.6 Å². The molecular weight excluding hydrogens is 276 g/mol. The summed E-state index contributed by atoms with van der Waals surface area (Å²) in [6, 6.07) is 6.60. The van der Waals surface area contributed by atoms with Gasteiger partial charge in [0.25, 0.3) is 0 Å². The van der Waals surface area contributed by atoms with Crippen molar-refractivity contribution in [1.29, 1.82) is 0 Å². The van der Waals surface area contributed by atoms with Gasteiger partial charge in [0.2, 0.25) is 0 Å². The van der Waals surface area contributed by atoms with Gasteiger partial charge in [0.05, 0.1) is 5.38 Å². The molecule has 1 atom stereocenters. The topological polar surface area (TPSA) is 0 Å². The van der Waals surface area contributed by atoms with Gasteiger partial charge in [-0.1, -0.05) is 29.3 Å². The van der Waals surface area contributed by atoms with Gasteiger partial charge in [0, 0.05) is 0 Å². The number of aryl methyl sites for hydroxylation is 2. The van der Waals surface area contributed by atoms with Gasteiger partial charge >= 0.3 is 0 Å². The van der Waals surface area contributed by atoms with E-state index in [1.807, 2.05) is 0 Å². The van der Waals surface area contributed by atoms with E-state index in [1.165, 1.54) is 50.1 Å². The van der Waals surface area contributed by atoms with Crippen molar-refractivity contribution < 1.29 is 0 Å². The Hall–Kier alpha value is -1.27. The molecule has 1 heteroatoms. The van der Waals surface area contributed by atoms with Crippen molar-refractivity contribution in [1.82, 2.24) is 0 Å². The van der Waals surface area contributed by atoms with Gasteiger partial charge in [-0.15, -0.1) is 11.6 Å². The molecule has 0 bridgehead atoms. The highest BCUT2D eigenvalue weighted by molar-refractivity contribution is 6.23. The predicted octanol–water partition coefficient (Wildman–Crippen LogP) is 6.17. The third-order valence-corrected chi connectivity index (χ3v) is 5.32. The highest BCUT2D eigenvalue weighted by atomic mass is 35.5. The van der Waals surface area contributed by atoms with E-state index in [9.17, 15) is 0 Å². The third kappa shape index (κ3) is 2.87. The SMILES string of the molecule is Cc1cc(C)cc(C(Cl)c2c(C)c(C)c(C)c(C)c2C)c1. The summed E-state index contributed by atoms with van der Waals surface area (Å²) < 4.78 is 0. The Morgan fingerprint density at radius 3 is 1.43 bits per heavy atom. The molecule has 2 aromatic rings. The molecule has 21 heavy (non-hydrogen) atoms. The van der Waals surface area contributed by atoms with Crippen LogP contribution in [0.1, 0.15) is 55.4 Å². The third-order valence-electron chi connectivity index (χ3n) is 4.85. The Morgan fingerprint density at radius 2 is 1.00 bits per heavy atom. The van der Waals surface area contributed by atoms with Crippen LogP contribution in [0.2, 0.25) is 0 Å². The van der Waals surface area contributed by atoms with Crippen LogP contribution in [-0.2, 0) is 0 Å². The van der Waals surface area contributed by atoms with E-state index in [4.69, 9.17) is 11.6 Å². The number of halogens is 1. The van der Waals surface area contributed by atoms with Gasteiger partial charge < -0.3 is 0 Å². The van der Waals surface area contributed by atoms with Crippen molar-refractivity contribution in [3.05, 3.63) is 68.3 Å². The monoisotopic (exact) mass is 300 g/mol. The number of alkyl halides is 1. The van der Waals surface area contributed by atoms with E-state index in [0.717, 1.165) is 0 Å². The molecule has 0 aliphatic rings. The first-order valence-corrected chi connectivity index (χ1v) is 7.96. The lowest BCUT2D eigenvalue weighted by Gasteiger charge is -2.23. The minimum atomic E-state index is -0.0819. The Balaban J connectivity index is 2.66. The zero-order valence-corrected chi connectivity index (χ0v) is 14.9. The fourth-order valence-electron chi connectivity index (χ4n) is 3.23. The van der Waals surface area contributed by atoms with Crippen LogP contribution in [-0.4, -0.2) is 0 Å². The van der Waals surface area contributed by atoms with Crippen molar-refractivity contribution in [2.24, 2.45) is 0 Å². The molecule has 0 aliphatic carbocycles. The van der Waals surface area contributed by atoms with Crippen LogP contribution in [0.5, 0.6) is 0 Å². The smallest absolute Gasteiger partial charge is 0.0840 e. The van der Waals surface area contributed by atoms with Gasteiger partial charge in [-0.05, 0) is 87.4 Å². The summed E-state index contributed by atoms with van der Waals surface area (Å²) in [6.07, 6.45) is 0. The summed E-state index contributed by atoms with van der Waals surface area (Å²) >= 11 is 6.88. The Bertz CT molecular complexity index is 646. The van der Waals surface area contributed by atoms with Gasteiger partial charge in [0.15, 0.2) is 0 Å². The van der Waals surface area contributed by atoms with E-state index in [2.05, 4.69) is 66.7 Å². The second-order valence-corrected chi connectivity index (χ2v) is 6.76. The quantitative estimate of drug-likeness (QED) is 0.581. The summed E-state index contributed by atoms with van der Waals surface area (Å²) in [5.74, 6) is 0. The zero-order chi connectivity index (χ0) is 15.9. The molecular formula is C20H25Cl. The van der Waals surface area contributed by atoms with E-state index in [-0.39, 0.29) is 5.38 Å². The summed E-state index contributed by atoms with van der Waals surface area (Å²) in [4.78, 5) is 0. The molecule has 112 valence electrons. The van der Waals surface area contributed by atoms with Gasteiger partial charge in [-0.3, -0.25) is 0 Å². The molecule has 0 nitrogen and oxygen atoms in total. The van der Waals surface area contributed by atoms with Crippen LogP contribution in [0.25, 0.3) is 0 Å². The maximum absolute atomic E-state index is 6.88. The van der Waals surface area contributed by atoms with Crippen molar-refractivity contribution in [2.75, 3.05) is 0 Å². The molecule has 2 aromatic carbocycles. The van der Waals surface area contributed by atoms with Crippen molar-refractivity contribution >= 4 is 11.6 Å². The van der Waals surface area contributed by atoms with Crippen molar-refractivity contribution in [2.45, 2.75) is 53.8 Å². The fourth-order valence-corrected chi connectivity index (χ4v) is 3.69. The predicted molar refractivity (Wildman–Crippen MR) is 93.7 cm³/mol. The first kappa shape index (κ1) is 16.1. The standard InChI is InChI=1S/C20H25Cl/c1-11-8-12(2)10-18(9-11)20(21)19-16(6)14(4)13(3)15(5)17(19)7/h8-10,20H,1-7H3. The van der Waals surface area contributed by atoms with Crippen LogP contribution in [0, 0.1) is 48.5 Å². The highest BCUT2D eigenvalue weighted by Crippen LogP contribution is 2.37.